The molecule has 6 heteroatoms. The summed E-state index contributed by atoms with van der Waals surface area (Å²) >= 11 is 0. The number of rotatable bonds is 2. The van der Waals surface area contributed by atoms with E-state index in [4.69, 9.17) is 5.73 Å². The van der Waals surface area contributed by atoms with Crippen LogP contribution in [0.15, 0.2) is 18.2 Å². The highest BCUT2D eigenvalue weighted by Gasteiger charge is 2.32. The molecule has 1 rings (SSSR count). The molecule has 0 aliphatic carbocycles. The first-order valence-corrected chi connectivity index (χ1v) is 4.07. The molecule has 1 aromatic carbocycles. The molecule has 15 heavy (non-hydrogen) atoms. The van der Waals surface area contributed by atoms with Gasteiger partial charge in [0.1, 0.15) is 0 Å². The predicted octanol–water partition coefficient (Wildman–Crippen LogP) is 2.92. The van der Waals surface area contributed by atoms with Crippen molar-refractivity contribution in [1.82, 2.24) is 0 Å². The van der Waals surface area contributed by atoms with Crippen molar-refractivity contribution in [3.63, 3.8) is 0 Å². The normalized spacial score (nSPS) is 14.0. The van der Waals surface area contributed by atoms with Gasteiger partial charge in [-0.2, -0.15) is 13.2 Å². The molecule has 0 unspecified atom stereocenters. The molecule has 0 heterocycles. The summed E-state index contributed by atoms with van der Waals surface area (Å²) in [5, 5.41) is 0. The minimum Gasteiger partial charge on any atom is -0.324 e. The van der Waals surface area contributed by atoms with Crippen molar-refractivity contribution in [2.45, 2.75) is 18.6 Å². The number of alkyl halides is 3. The maximum absolute atomic E-state index is 13.0. The zero-order valence-corrected chi connectivity index (χ0v) is 7.48. The molecular formula is C9H8F5N. The van der Waals surface area contributed by atoms with E-state index in [0.717, 1.165) is 18.2 Å². The third kappa shape index (κ3) is 3.16. The van der Waals surface area contributed by atoms with Gasteiger partial charge in [0, 0.05) is 11.6 Å². The maximum atomic E-state index is 13.0. The van der Waals surface area contributed by atoms with E-state index in [1.807, 2.05) is 0 Å². The highest BCUT2D eigenvalue weighted by molar-refractivity contribution is 5.22. The van der Waals surface area contributed by atoms with Crippen LogP contribution in [0.5, 0.6) is 0 Å². The molecule has 0 aliphatic rings. The molecule has 2 N–H and O–H groups in total. The van der Waals surface area contributed by atoms with Crippen molar-refractivity contribution in [2.24, 2.45) is 5.73 Å². The zero-order valence-electron chi connectivity index (χ0n) is 7.48. The van der Waals surface area contributed by atoms with Crippen LogP contribution in [0.3, 0.4) is 0 Å². The lowest BCUT2D eigenvalue weighted by atomic mass is 10.0. The number of hydrogen-bond donors (Lipinski definition) is 1. The lowest BCUT2D eigenvalue weighted by molar-refractivity contribution is -0.138. The number of nitrogens with two attached hydrogens (primary N) is 1. The standard InChI is InChI=1S/C9H8F5N/c10-6-3-1-2-5(8(6)11)7(15)4-9(12,13)14/h1-3,7H,4,15H2/t7-/m0/s1. The Kier molecular flexibility index (Phi) is 3.28. The first kappa shape index (κ1) is 11.9. The van der Waals surface area contributed by atoms with Gasteiger partial charge in [0.2, 0.25) is 0 Å². The van der Waals surface area contributed by atoms with Gasteiger partial charge in [0.25, 0.3) is 0 Å². The van der Waals surface area contributed by atoms with E-state index in [1.165, 1.54) is 0 Å². The number of halogens is 5. The summed E-state index contributed by atoms with van der Waals surface area (Å²) in [6, 6.07) is 1.39. The van der Waals surface area contributed by atoms with Gasteiger partial charge in [-0.3, -0.25) is 0 Å². The quantitative estimate of drug-likeness (QED) is 0.769. The molecule has 1 aromatic rings. The average molecular weight is 225 g/mol. The second-order valence-electron chi connectivity index (χ2n) is 3.07. The lowest BCUT2D eigenvalue weighted by Gasteiger charge is -2.15. The lowest BCUT2D eigenvalue weighted by Crippen LogP contribution is -2.21. The van der Waals surface area contributed by atoms with Gasteiger partial charge < -0.3 is 5.73 Å². The van der Waals surface area contributed by atoms with Gasteiger partial charge in [-0.15, -0.1) is 0 Å². The Morgan fingerprint density at radius 1 is 1.20 bits per heavy atom. The molecule has 0 radical (unpaired) electrons. The van der Waals surface area contributed by atoms with Crippen LogP contribution < -0.4 is 5.73 Å². The zero-order chi connectivity index (χ0) is 11.6. The topological polar surface area (TPSA) is 26.0 Å². The summed E-state index contributed by atoms with van der Waals surface area (Å²) in [5.74, 6) is -2.53. The molecule has 1 nitrogen and oxygen atoms in total. The van der Waals surface area contributed by atoms with Crippen LogP contribution in [-0.2, 0) is 0 Å². The van der Waals surface area contributed by atoms with Crippen LogP contribution in [0.1, 0.15) is 18.0 Å². The van der Waals surface area contributed by atoms with Gasteiger partial charge in [-0.05, 0) is 6.07 Å². The van der Waals surface area contributed by atoms with E-state index in [0.29, 0.717) is 0 Å². The average Bonchev–Trinajstić information content (AvgIpc) is 2.06. The molecule has 84 valence electrons. The monoisotopic (exact) mass is 225 g/mol. The Morgan fingerprint density at radius 2 is 1.80 bits per heavy atom. The Bertz CT molecular complexity index is 347. The van der Waals surface area contributed by atoms with Crippen molar-refractivity contribution >= 4 is 0 Å². The molecule has 0 aromatic heterocycles. The Labute approximate surface area is 82.7 Å². The molecule has 0 saturated heterocycles. The molecule has 0 fully saturated rings. The minimum atomic E-state index is -4.50. The van der Waals surface area contributed by atoms with Gasteiger partial charge >= 0.3 is 6.18 Å². The predicted molar refractivity (Wildman–Crippen MR) is 44.0 cm³/mol. The first-order chi connectivity index (χ1) is 6.81. The SMILES string of the molecule is N[C@@H](CC(F)(F)F)c1cccc(F)c1F. The largest absolute Gasteiger partial charge is 0.390 e. The highest BCUT2D eigenvalue weighted by atomic mass is 19.4. The van der Waals surface area contributed by atoms with Crippen molar-refractivity contribution in [1.29, 1.82) is 0 Å². The van der Waals surface area contributed by atoms with E-state index in [1.54, 1.807) is 0 Å². The van der Waals surface area contributed by atoms with Crippen molar-refractivity contribution in [2.75, 3.05) is 0 Å². The third-order valence-electron chi connectivity index (χ3n) is 1.83. The summed E-state index contributed by atoms with van der Waals surface area (Å²) in [6.45, 7) is 0. The highest BCUT2D eigenvalue weighted by Crippen LogP contribution is 2.29. The van der Waals surface area contributed by atoms with E-state index in [-0.39, 0.29) is 0 Å². The molecule has 0 spiro atoms. The van der Waals surface area contributed by atoms with E-state index >= 15 is 0 Å². The van der Waals surface area contributed by atoms with E-state index in [9.17, 15) is 22.0 Å². The fraction of sp³-hybridized carbons (Fsp3) is 0.333. The second-order valence-corrected chi connectivity index (χ2v) is 3.07. The van der Waals surface area contributed by atoms with Crippen molar-refractivity contribution < 1.29 is 22.0 Å². The summed E-state index contributed by atoms with van der Waals surface area (Å²) in [7, 11) is 0. The van der Waals surface area contributed by atoms with E-state index < -0.39 is 35.8 Å². The summed E-state index contributed by atoms with van der Waals surface area (Å²) in [4.78, 5) is 0. The fourth-order valence-electron chi connectivity index (χ4n) is 1.17. The third-order valence-corrected chi connectivity index (χ3v) is 1.83. The molecular weight excluding hydrogens is 217 g/mol. The number of hydrogen-bond acceptors (Lipinski definition) is 1. The van der Waals surface area contributed by atoms with Crippen LogP contribution in [0.25, 0.3) is 0 Å². The van der Waals surface area contributed by atoms with Crippen LogP contribution >= 0.6 is 0 Å². The van der Waals surface area contributed by atoms with Crippen LogP contribution in [0.2, 0.25) is 0 Å². The Balaban J connectivity index is 2.92. The molecule has 0 saturated carbocycles. The van der Waals surface area contributed by atoms with Crippen LogP contribution in [-0.4, -0.2) is 6.18 Å². The number of benzene rings is 1. The molecule has 0 aliphatic heterocycles. The van der Waals surface area contributed by atoms with Gasteiger partial charge in [-0.1, -0.05) is 12.1 Å². The van der Waals surface area contributed by atoms with Gasteiger partial charge in [0.05, 0.1) is 6.42 Å². The van der Waals surface area contributed by atoms with Crippen molar-refractivity contribution in [3.8, 4) is 0 Å². The Morgan fingerprint density at radius 3 is 2.33 bits per heavy atom. The van der Waals surface area contributed by atoms with Crippen LogP contribution in [0.4, 0.5) is 22.0 Å². The molecule has 0 bridgehead atoms. The van der Waals surface area contributed by atoms with Gasteiger partial charge in [-0.25, -0.2) is 8.78 Å². The Hall–Kier alpha value is -1.17. The van der Waals surface area contributed by atoms with Crippen LogP contribution in [0, 0.1) is 11.6 Å². The summed E-state index contributed by atoms with van der Waals surface area (Å²) < 4.78 is 61.4. The van der Waals surface area contributed by atoms with Crippen molar-refractivity contribution in [3.05, 3.63) is 35.4 Å². The minimum absolute atomic E-state index is 0.465. The first-order valence-electron chi connectivity index (χ1n) is 4.07. The smallest absolute Gasteiger partial charge is 0.324 e. The molecule has 1 atom stereocenters. The summed E-state index contributed by atoms with van der Waals surface area (Å²) in [6.07, 6.45) is -5.88. The second kappa shape index (κ2) is 4.14. The van der Waals surface area contributed by atoms with Gasteiger partial charge in [0.15, 0.2) is 11.6 Å². The van der Waals surface area contributed by atoms with E-state index in [2.05, 4.69) is 0 Å². The maximum Gasteiger partial charge on any atom is 0.390 e. The molecule has 0 amide bonds. The fourth-order valence-corrected chi connectivity index (χ4v) is 1.17. The summed E-state index contributed by atoms with van der Waals surface area (Å²) in [5.41, 5.74) is 4.66.